The van der Waals surface area contributed by atoms with Crippen molar-refractivity contribution in [1.29, 1.82) is 0 Å². The van der Waals surface area contributed by atoms with Crippen LogP contribution < -0.4 is 0 Å². The summed E-state index contributed by atoms with van der Waals surface area (Å²) in [7, 11) is 0. The first-order valence-electron chi connectivity index (χ1n) is 2.61. The van der Waals surface area contributed by atoms with Crippen LogP contribution in [0, 0.1) is 0 Å². The lowest BCUT2D eigenvalue weighted by molar-refractivity contribution is 0.0695. The SMILES string of the molecule is O=C(O)c1ccoc1CCl. The van der Waals surface area contributed by atoms with Crippen LogP contribution in [-0.4, -0.2) is 11.1 Å². The van der Waals surface area contributed by atoms with E-state index in [1.807, 2.05) is 0 Å². The number of alkyl halides is 1. The molecular weight excluding hydrogens is 156 g/mol. The molecule has 54 valence electrons. The molecule has 0 bridgehead atoms. The largest absolute Gasteiger partial charge is 0.478 e. The molecule has 1 aromatic rings. The molecule has 1 rings (SSSR count). The normalized spacial score (nSPS) is 9.70. The molecule has 0 atom stereocenters. The summed E-state index contributed by atoms with van der Waals surface area (Å²) in [5.74, 6) is -0.618. The lowest BCUT2D eigenvalue weighted by atomic mass is 10.3. The van der Waals surface area contributed by atoms with Crippen LogP contribution in [0.5, 0.6) is 0 Å². The lowest BCUT2D eigenvalue weighted by Crippen LogP contribution is -1.96. The third kappa shape index (κ3) is 1.14. The van der Waals surface area contributed by atoms with Crippen LogP contribution in [0.15, 0.2) is 16.7 Å². The second-order valence-corrected chi connectivity index (χ2v) is 1.96. The molecule has 1 N–H and O–H groups in total. The Kier molecular flexibility index (Phi) is 1.97. The second kappa shape index (κ2) is 2.75. The van der Waals surface area contributed by atoms with Crippen LogP contribution in [0.2, 0.25) is 0 Å². The van der Waals surface area contributed by atoms with Crippen LogP contribution >= 0.6 is 11.6 Å². The van der Waals surface area contributed by atoms with Crippen molar-refractivity contribution in [2.75, 3.05) is 0 Å². The molecular formula is C6H5ClO3. The fourth-order valence-corrected chi connectivity index (χ4v) is 0.842. The summed E-state index contributed by atoms with van der Waals surface area (Å²) in [6.45, 7) is 0. The predicted molar refractivity (Wildman–Crippen MR) is 35.2 cm³/mol. The van der Waals surface area contributed by atoms with E-state index in [-0.39, 0.29) is 11.4 Å². The fraction of sp³-hybridized carbons (Fsp3) is 0.167. The van der Waals surface area contributed by atoms with Crippen molar-refractivity contribution in [3.63, 3.8) is 0 Å². The van der Waals surface area contributed by atoms with Gasteiger partial charge in [0.05, 0.1) is 12.1 Å². The summed E-state index contributed by atoms with van der Waals surface area (Å²) in [4.78, 5) is 10.3. The summed E-state index contributed by atoms with van der Waals surface area (Å²) in [5, 5.41) is 8.47. The first kappa shape index (κ1) is 7.15. The highest BCUT2D eigenvalue weighted by Gasteiger charge is 2.10. The zero-order chi connectivity index (χ0) is 7.56. The Morgan fingerprint density at radius 1 is 1.80 bits per heavy atom. The van der Waals surface area contributed by atoms with Gasteiger partial charge in [0.15, 0.2) is 0 Å². The molecule has 0 saturated heterocycles. The van der Waals surface area contributed by atoms with Crippen molar-refractivity contribution >= 4 is 17.6 Å². The van der Waals surface area contributed by atoms with Crippen LogP contribution in [-0.2, 0) is 5.88 Å². The first-order valence-corrected chi connectivity index (χ1v) is 3.14. The number of carboxylic acid groups (broad SMARTS) is 1. The van der Waals surface area contributed by atoms with Gasteiger partial charge >= 0.3 is 5.97 Å². The van der Waals surface area contributed by atoms with Gasteiger partial charge in [-0.25, -0.2) is 4.79 Å². The highest BCUT2D eigenvalue weighted by molar-refractivity contribution is 6.17. The maximum absolute atomic E-state index is 10.3. The van der Waals surface area contributed by atoms with Gasteiger partial charge < -0.3 is 9.52 Å². The van der Waals surface area contributed by atoms with Gasteiger partial charge in [-0.05, 0) is 6.07 Å². The number of hydrogen-bond donors (Lipinski definition) is 1. The summed E-state index contributed by atoms with van der Waals surface area (Å²) >= 11 is 5.36. The molecule has 1 heterocycles. The minimum Gasteiger partial charge on any atom is -0.478 e. The average molecular weight is 161 g/mol. The number of carbonyl (C=O) groups is 1. The summed E-state index contributed by atoms with van der Waals surface area (Å²) in [6, 6.07) is 1.38. The molecule has 10 heavy (non-hydrogen) atoms. The zero-order valence-corrected chi connectivity index (χ0v) is 5.76. The molecule has 0 saturated carbocycles. The van der Waals surface area contributed by atoms with E-state index in [4.69, 9.17) is 21.1 Å². The topological polar surface area (TPSA) is 50.4 Å². The molecule has 0 fully saturated rings. The van der Waals surface area contributed by atoms with Crippen LogP contribution in [0.4, 0.5) is 0 Å². The molecule has 0 aliphatic carbocycles. The number of furan rings is 1. The second-order valence-electron chi connectivity index (χ2n) is 1.70. The summed E-state index contributed by atoms with van der Waals surface area (Å²) in [6.07, 6.45) is 1.31. The number of aromatic carboxylic acids is 1. The minimum absolute atomic E-state index is 0.0919. The van der Waals surface area contributed by atoms with E-state index in [2.05, 4.69) is 0 Å². The lowest BCUT2D eigenvalue weighted by Gasteiger charge is -1.89. The molecule has 0 spiro atoms. The molecule has 4 heteroatoms. The van der Waals surface area contributed by atoms with Gasteiger partial charge in [-0.2, -0.15) is 0 Å². The number of rotatable bonds is 2. The van der Waals surface area contributed by atoms with Crippen LogP contribution in [0.25, 0.3) is 0 Å². The Balaban J connectivity index is 3.01. The molecule has 3 nitrogen and oxygen atoms in total. The first-order chi connectivity index (χ1) is 4.75. The van der Waals surface area contributed by atoms with Crippen molar-refractivity contribution in [3.8, 4) is 0 Å². The Bertz CT molecular complexity index is 241. The maximum atomic E-state index is 10.3. The highest BCUT2D eigenvalue weighted by atomic mass is 35.5. The molecule has 0 radical (unpaired) electrons. The van der Waals surface area contributed by atoms with Crippen LogP contribution in [0.3, 0.4) is 0 Å². The van der Waals surface area contributed by atoms with Gasteiger partial charge in [0, 0.05) is 0 Å². The van der Waals surface area contributed by atoms with E-state index in [0.29, 0.717) is 5.76 Å². The van der Waals surface area contributed by atoms with Crippen molar-refractivity contribution in [2.45, 2.75) is 5.88 Å². The van der Waals surface area contributed by atoms with E-state index < -0.39 is 5.97 Å². The fourth-order valence-electron chi connectivity index (χ4n) is 0.635. The molecule has 0 aliphatic rings. The van der Waals surface area contributed by atoms with Crippen molar-refractivity contribution < 1.29 is 14.3 Å². The Hall–Kier alpha value is -0.960. The summed E-state index contributed by atoms with van der Waals surface area (Å²) < 4.78 is 4.76. The standard InChI is InChI=1S/C6H5ClO3/c7-3-5-4(6(8)9)1-2-10-5/h1-2H,3H2,(H,8,9). The van der Waals surface area contributed by atoms with Crippen molar-refractivity contribution in [1.82, 2.24) is 0 Å². The Morgan fingerprint density at radius 3 is 2.90 bits per heavy atom. The van der Waals surface area contributed by atoms with Gasteiger partial charge in [0.25, 0.3) is 0 Å². The third-order valence-electron chi connectivity index (χ3n) is 1.10. The molecule has 0 amide bonds. The van der Waals surface area contributed by atoms with Crippen molar-refractivity contribution in [3.05, 3.63) is 23.7 Å². The van der Waals surface area contributed by atoms with E-state index in [1.54, 1.807) is 0 Å². The van der Waals surface area contributed by atoms with Gasteiger partial charge in [-0.3, -0.25) is 0 Å². The van der Waals surface area contributed by atoms with Gasteiger partial charge in [-0.1, -0.05) is 0 Å². The van der Waals surface area contributed by atoms with E-state index in [1.165, 1.54) is 12.3 Å². The predicted octanol–water partition coefficient (Wildman–Crippen LogP) is 1.72. The molecule has 1 aromatic heterocycles. The molecule has 0 aliphatic heterocycles. The van der Waals surface area contributed by atoms with E-state index >= 15 is 0 Å². The monoisotopic (exact) mass is 160 g/mol. The minimum atomic E-state index is -1.01. The summed E-state index contributed by atoms with van der Waals surface area (Å²) in [5.41, 5.74) is 0.134. The Labute approximate surface area is 62.2 Å². The average Bonchev–Trinajstić information content (AvgIpc) is 2.33. The smallest absolute Gasteiger partial charge is 0.339 e. The van der Waals surface area contributed by atoms with Gasteiger partial charge in [0.1, 0.15) is 11.3 Å². The van der Waals surface area contributed by atoms with Crippen LogP contribution in [0.1, 0.15) is 16.1 Å². The molecule has 0 unspecified atom stereocenters. The highest BCUT2D eigenvalue weighted by Crippen LogP contribution is 2.12. The van der Waals surface area contributed by atoms with E-state index in [9.17, 15) is 4.79 Å². The van der Waals surface area contributed by atoms with E-state index in [0.717, 1.165) is 0 Å². The molecule has 0 aromatic carbocycles. The quantitative estimate of drug-likeness (QED) is 0.671. The zero-order valence-electron chi connectivity index (χ0n) is 5.00. The maximum Gasteiger partial charge on any atom is 0.339 e. The van der Waals surface area contributed by atoms with Gasteiger partial charge in [0.2, 0.25) is 0 Å². The Morgan fingerprint density at radius 2 is 2.50 bits per heavy atom. The number of hydrogen-bond acceptors (Lipinski definition) is 2. The number of carboxylic acids is 1. The number of halogens is 1. The third-order valence-corrected chi connectivity index (χ3v) is 1.34. The van der Waals surface area contributed by atoms with Crippen molar-refractivity contribution in [2.24, 2.45) is 0 Å². The van der Waals surface area contributed by atoms with Gasteiger partial charge in [-0.15, -0.1) is 11.6 Å².